The lowest BCUT2D eigenvalue weighted by atomic mass is 10.0. The summed E-state index contributed by atoms with van der Waals surface area (Å²) in [6.45, 7) is 4.75. The molecule has 0 bridgehead atoms. The smallest absolute Gasteiger partial charge is 0.350 e. The number of alkyl halides is 1. The molecule has 2 unspecified atom stereocenters. The molecular formula is C20H27ClFN5O4S. The van der Waals surface area contributed by atoms with E-state index in [4.69, 9.17) is 21.1 Å². The van der Waals surface area contributed by atoms with Crippen molar-refractivity contribution in [1.82, 2.24) is 20.3 Å². The van der Waals surface area contributed by atoms with Gasteiger partial charge in [0, 0.05) is 19.7 Å². The number of aromatic nitrogens is 3. The van der Waals surface area contributed by atoms with E-state index in [1.165, 1.54) is 17.5 Å². The normalized spacial score (nSPS) is 18.6. The van der Waals surface area contributed by atoms with Crippen molar-refractivity contribution in [3.8, 4) is 0 Å². The number of halogens is 2. The Hall–Kier alpha value is -2.24. The first-order chi connectivity index (χ1) is 15.5. The van der Waals surface area contributed by atoms with Crippen molar-refractivity contribution in [2.24, 2.45) is 0 Å². The Labute approximate surface area is 194 Å². The number of hydrogen-bond donors (Lipinski definition) is 2. The quantitative estimate of drug-likeness (QED) is 0.391. The van der Waals surface area contributed by atoms with Crippen LogP contribution in [0, 0.1) is 0 Å². The highest BCUT2D eigenvalue weighted by Crippen LogP contribution is 2.27. The number of carbonyl (C=O) groups is 2. The van der Waals surface area contributed by atoms with Crippen LogP contribution in [0.15, 0.2) is 6.20 Å². The fourth-order valence-corrected chi connectivity index (χ4v) is 4.50. The summed E-state index contributed by atoms with van der Waals surface area (Å²) in [5.41, 5.74) is 0.698. The summed E-state index contributed by atoms with van der Waals surface area (Å²) in [4.78, 5) is 38.4. The van der Waals surface area contributed by atoms with E-state index in [0.29, 0.717) is 48.2 Å². The summed E-state index contributed by atoms with van der Waals surface area (Å²) in [7, 11) is 0. The summed E-state index contributed by atoms with van der Waals surface area (Å²) in [5, 5.41) is 3.91. The number of imidazole rings is 1. The van der Waals surface area contributed by atoms with E-state index in [0.717, 1.165) is 0 Å². The zero-order valence-corrected chi connectivity index (χ0v) is 19.6. The number of amides is 1. The predicted octanol–water partition coefficient (Wildman–Crippen LogP) is 3.01. The summed E-state index contributed by atoms with van der Waals surface area (Å²) in [6, 6.07) is -0.295. The third kappa shape index (κ3) is 5.96. The lowest BCUT2D eigenvalue weighted by Gasteiger charge is -2.38. The first-order valence-corrected chi connectivity index (χ1v) is 11.8. The second-order valence-corrected chi connectivity index (χ2v) is 8.57. The first kappa shape index (κ1) is 24.4. The molecule has 176 valence electrons. The largest absolute Gasteiger partial charge is 0.462 e. The Kier molecular flexibility index (Phi) is 8.83. The number of thiazole rings is 1. The van der Waals surface area contributed by atoms with Gasteiger partial charge in [-0.3, -0.25) is 9.18 Å². The minimum atomic E-state index is -0.479. The van der Waals surface area contributed by atoms with Crippen LogP contribution in [0.2, 0.25) is 5.15 Å². The maximum atomic E-state index is 12.7. The van der Waals surface area contributed by atoms with Gasteiger partial charge in [0.1, 0.15) is 4.88 Å². The summed E-state index contributed by atoms with van der Waals surface area (Å²) < 4.78 is 23.5. The van der Waals surface area contributed by atoms with E-state index >= 15 is 0 Å². The third-order valence-corrected chi connectivity index (χ3v) is 6.37. The Balaban J connectivity index is 1.68. The molecule has 2 aromatic heterocycles. The van der Waals surface area contributed by atoms with Gasteiger partial charge in [-0.1, -0.05) is 29.9 Å². The van der Waals surface area contributed by atoms with E-state index in [1.54, 1.807) is 6.92 Å². The maximum absolute atomic E-state index is 12.7. The molecule has 2 aromatic rings. The third-order valence-electron chi connectivity index (χ3n) is 5.02. The van der Waals surface area contributed by atoms with Gasteiger partial charge in [-0.15, -0.1) is 0 Å². The van der Waals surface area contributed by atoms with Gasteiger partial charge in [-0.25, -0.2) is 14.8 Å². The molecule has 0 aromatic carbocycles. The van der Waals surface area contributed by atoms with Gasteiger partial charge < -0.3 is 24.7 Å². The molecule has 3 heterocycles. The molecular weight excluding hydrogens is 461 g/mol. The summed E-state index contributed by atoms with van der Waals surface area (Å²) in [6.07, 6.45) is 2.60. The Bertz CT molecular complexity index is 924. The van der Waals surface area contributed by atoms with Crippen LogP contribution in [0.3, 0.4) is 0 Å². The molecule has 2 atom stereocenters. The standard InChI is InChI=1S/C20H27ClFN5O4S/c1-3-12-16(21)26-17(24-12)18(28)25-13-6-8-27(11-14(13)31-9-5-7-22)20-23-10-15(32-20)19(29)30-4-2/h10,13-14H,3-9,11H2,1-2H3,(H,24,26)(H,25,28). The second kappa shape index (κ2) is 11.6. The van der Waals surface area contributed by atoms with E-state index in [-0.39, 0.29) is 42.1 Å². The topological polar surface area (TPSA) is 109 Å². The number of nitrogens with zero attached hydrogens (tertiary/aromatic N) is 3. The molecule has 0 saturated carbocycles. The summed E-state index contributed by atoms with van der Waals surface area (Å²) in [5.74, 6) is -0.628. The van der Waals surface area contributed by atoms with Gasteiger partial charge in [0.2, 0.25) is 0 Å². The lowest BCUT2D eigenvalue weighted by molar-refractivity contribution is 0.0171. The predicted molar refractivity (Wildman–Crippen MR) is 119 cm³/mol. The zero-order valence-electron chi connectivity index (χ0n) is 18.0. The SMILES string of the molecule is CCOC(=O)c1cnc(N2CCC(NC(=O)c3nc(Cl)c(CC)[nH]3)C(OCCCF)C2)s1. The van der Waals surface area contributed by atoms with Gasteiger partial charge in [0.05, 0.1) is 37.3 Å². The second-order valence-electron chi connectivity index (χ2n) is 7.20. The molecule has 0 radical (unpaired) electrons. The molecule has 1 aliphatic heterocycles. The Morgan fingerprint density at radius 2 is 2.25 bits per heavy atom. The summed E-state index contributed by atoms with van der Waals surface area (Å²) >= 11 is 7.29. The van der Waals surface area contributed by atoms with E-state index < -0.39 is 12.6 Å². The number of aromatic amines is 1. The highest BCUT2D eigenvalue weighted by molar-refractivity contribution is 7.17. The van der Waals surface area contributed by atoms with Gasteiger partial charge in [0.15, 0.2) is 16.1 Å². The Morgan fingerprint density at radius 1 is 1.44 bits per heavy atom. The van der Waals surface area contributed by atoms with Crippen molar-refractivity contribution in [1.29, 1.82) is 0 Å². The number of H-pyrrole nitrogens is 1. The van der Waals surface area contributed by atoms with Crippen LogP contribution in [0.4, 0.5) is 9.52 Å². The molecule has 9 nitrogen and oxygen atoms in total. The van der Waals surface area contributed by atoms with Crippen LogP contribution in [0.1, 0.15) is 52.7 Å². The fraction of sp³-hybridized carbons (Fsp3) is 0.600. The van der Waals surface area contributed by atoms with Crippen LogP contribution in [-0.4, -0.2) is 72.0 Å². The molecule has 0 spiro atoms. The molecule has 2 N–H and O–H groups in total. The van der Waals surface area contributed by atoms with Crippen molar-refractivity contribution in [2.75, 3.05) is 37.9 Å². The molecule has 1 amide bonds. The lowest BCUT2D eigenvalue weighted by Crippen LogP contribution is -2.55. The van der Waals surface area contributed by atoms with E-state index in [1.807, 2.05) is 11.8 Å². The Morgan fingerprint density at radius 3 is 2.94 bits per heavy atom. The van der Waals surface area contributed by atoms with Crippen molar-refractivity contribution in [2.45, 2.75) is 45.3 Å². The number of esters is 1. The molecule has 0 aliphatic carbocycles. The fourth-order valence-electron chi connectivity index (χ4n) is 3.39. The average molecular weight is 488 g/mol. The maximum Gasteiger partial charge on any atom is 0.350 e. The number of piperidine rings is 1. The van der Waals surface area contributed by atoms with Crippen molar-refractivity contribution in [3.63, 3.8) is 0 Å². The number of aryl methyl sites for hydroxylation is 1. The molecule has 1 saturated heterocycles. The number of anilines is 1. The van der Waals surface area contributed by atoms with Crippen LogP contribution in [0.5, 0.6) is 0 Å². The molecule has 12 heteroatoms. The van der Waals surface area contributed by atoms with Crippen LogP contribution >= 0.6 is 22.9 Å². The van der Waals surface area contributed by atoms with Gasteiger partial charge in [-0.2, -0.15) is 0 Å². The zero-order chi connectivity index (χ0) is 23.1. The van der Waals surface area contributed by atoms with E-state index in [2.05, 4.69) is 20.3 Å². The van der Waals surface area contributed by atoms with Crippen LogP contribution < -0.4 is 10.2 Å². The number of carbonyl (C=O) groups excluding carboxylic acids is 2. The van der Waals surface area contributed by atoms with Crippen molar-refractivity contribution in [3.05, 3.63) is 27.7 Å². The van der Waals surface area contributed by atoms with E-state index in [9.17, 15) is 14.0 Å². The van der Waals surface area contributed by atoms with Crippen molar-refractivity contribution < 1.29 is 23.5 Å². The minimum Gasteiger partial charge on any atom is -0.462 e. The van der Waals surface area contributed by atoms with Gasteiger partial charge in [0.25, 0.3) is 5.91 Å². The molecule has 1 aliphatic rings. The molecule has 1 fully saturated rings. The monoisotopic (exact) mass is 487 g/mol. The van der Waals surface area contributed by atoms with Crippen LogP contribution in [0.25, 0.3) is 0 Å². The van der Waals surface area contributed by atoms with Crippen molar-refractivity contribution >= 4 is 39.9 Å². The highest BCUT2D eigenvalue weighted by atomic mass is 35.5. The highest BCUT2D eigenvalue weighted by Gasteiger charge is 2.33. The number of rotatable bonds is 10. The van der Waals surface area contributed by atoms with Crippen LogP contribution in [-0.2, 0) is 15.9 Å². The number of hydrogen-bond acceptors (Lipinski definition) is 8. The average Bonchev–Trinajstić information content (AvgIpc) is 3.42. The minimum absolute atomic E-state index is 0.149. The van der Waals surface area contributed by atoms with Gasteiger partial charge >= 0.3 is 5.97 Å². The first-order valence-electron chi connectivity index (χ1n) is 10.6. The molecule has 32 heavy (non-hydrogen) atoms. The van der Waals surface area contributed by atoms with Gasteiger partial charge in [-0.05, 0) is 26.2 Å². The molecule has 3 rings (SSSR count). The number of nitrogens with one attached hydrogen (secondary N) is 2. The number of ether oxygens (including phenoxy) is 2.